The molecule has 0 aliphatic carbocycles. The second-order valence-electron chi connectivity index (χ2n) is 5.81. The van der Waals surface area contributed by atoms with Crippen LogP contribution in [-0.4, -0.2) is 24.0 Å². The SMILES string of the molecule is CC(=O)N(C)c1ccc(NC(=S)NC(=O)/C=C/c2ccc(C)cc2)cc1. The summed E-state index contributed by atoms with van der Waals surface area (Å²) in [4.78, 5) is 24.8. The van der Waals surface area contributed by atoms with Gasteiger partial charge < -0.3 is 10.2 Å². The van der Waals surface area contributed by atoms with Crippen molar-refractivity contribution < 1.29 is 9.59 Å². The highest BCUT2D eigenvalue weighted by Gasteiger charge is 2.06. The van der Waals surface area contributed by atoms with Crippen LogP contribution in [0.25, 0.3) is 6.08 Å². The van der Waals surface area contributed by atoms with Crippen molar-refractivity contribution in [2.75, 3.05) is 17.3 Å². The van der Waals surface area contributed by atoms with Crippen LogP contribution in [0.3, 0.4) is 0 Å². The van der Waals surface area contributed by atoms with Crippen molar-refractivity contribution in [2.45, 2.75) is 13.8 Å². The van der Waals surface area contributed by atoms with Gasteiger partial charge in [-0.3, -0.25) is 14.9 Å². The van der Waals surface area contributed by atoms with Gasteiger partial charge in [0.2, 0.25) is 11.8 Å². The molecule has 0 atom stereocenters. The fourth-order valence-electron chi connectivity index (χ4n) is 2.12. The van der Waals surface area contributed by atoms with Gasteiger partial charge >= 0.3 is 0 Å². The third-order valence-electron chi connectivity index (χ3n) is 3.73. The van der Waals surface area contributed by atoms with Gasteiger partial charge in [-0.15, -0.1) is 0 Å². The molecule has 2 N–H and O–H groups in total. The molecule has 26 heavy (non-hydrogen) atoms. The van der Waals surface area contributed by atoms with E-state index < -0.39 is 0 Å². The number of amides is 2. The number of nitrogens with one attached hydrogen (secondary N) is 2. The molecule has 0 unspecified atom stereocenters. The molecule has 0 saturated carbocycles. The Morgan fingerprint density at radius 3 is 2.23 bits per heavy atom. The highest BCUT2D eigenvalue weighted by atomic mass is 32.1. The first-order valence-corrected chi connectivity index (χ1v) is 8.47. The standard InChI is InChI=1S/C20H21N3O2S/c1-14-4-6-16(7-5-14)8-13-19(25)22-20(26)21-17-9-11-18(12-10-17)23(3)15(2)24/h4-13H,1-3H3,(H2,21,22,25,26)/b13-8+. The van der Waals surface area contributed by atoms with Crippen molar-refractivity contribution in [3.63, 3.8) is 0 Å². The van der Waals surface area contributed by atoms with Crippen molar-refractivity contribution in [2.24, 2.45) is 0 Å². The summed E-state index contributed by atoms with van der Waals surface area (Å²) in [6.45, 7) is 3.51. The molecule has 6 heteroatoms. The number of hydrogen-bond donors (Lipinski definition) is 2. The smallest absolute Gasteiger partial charge is 0.250 e. The Morgan fingerprint density at radius 2 is 1.65 bits per heavy atom. The van der Waals surface area contributed by atoms with E-state index in [-0.39, 0.29) is 16.9 Å². The van der Waals surface area contributed by atoms with E-state index in [1.165, 1.54) is 13.0 Å². The molecule has 2 amide bonds. The molecule has 0 heterocycles. The average molecular weight is 367 g/mol. The summed E-state index contributed by atoms with van der Waals surface area (Å²) < 4.78 is 0. The Balaban J connectivity index is 1.88. The maximum atomic E-state index is 11.9. The van der Waals surface area contributed by atoms with E-state index in [2.05, 4.69) is 10.6 Å². The second kappa shape index (κ2) is 8.92. The maximum Gasteiger partial charge on any atom is 0.250 e. The van der Waals surface area contributed by atoms with E-state index >= 15 is 0 Å². The molecular formula is C20H21N3O2S. The van der Waals surface area contributed by atoms with Crippen LogP contribution in [0.1, 0.15) is 18.1 Å². The fraction of sp³-hybridized carbons (Fsp3) is 0.150. The zero-order chi connectivity index (χ0) is 19.1. The first kappa shape index (κ1) is 19.3. The van der Waals surface area contributed by atoms with Crippen LogP contribution < -0.4 is 15.5 Å². The van der Waals surface area contributed by atoms with Crippen molar-refractivity contribution >= 4 is 46.6 Å². The van der Waals surface area contributed by atoms with Crippen molar-refractivity contribution in [1.82, 2.24) is 5.32 Å². The maximum absolute atomic E-state index is 11.9. The predicted octanol–water partition coefficient (Wildman–Crippen LogP) is 3.50. The molecule has 0 aliphatic heterocycles. The monoisotopic (exact) mass is 367 g/mol. The number of rotatable bonds is 4. The highest BCUT2D eigenvalue weighted by molar-refractivity contribution is 7.80. The Labute approximate surface area is 158 Å². The van der Waals surface area contributed by atoms with Crippen LogP contribution >= 0.6 is 12.2 Å². The van der Waals surface area contributed by atoms with Crippen LogP contribution in [0.4, 0.5) is 11.4 Å². The van der Waals surface area contributed by atoms with Gasteiger partial charge in [-0.05, 0) is 55.0 Å². The number of benzene rings is 2. The van der Waals surface area contributed by atoms with E-state index in [4.69, 9.17) is 12.2 Å². The van der Waals surface area contributed by atoms with E-state index in [9.17, 15) is 9.59 Å². The van der Waals surface area contributed by atoms with Gasteiger partial charge in [0, 0.05) is 31.4 Å². The molecule has 2 aromatic carbocycles. The fourth-order valence-corrected chi connectivity index (χ4v) is 2.33. The number of carbonyl (C=O) groups is 2. The van der Waals surface area contributed by atoms with Gasteiger partial charge in [0.25, 0.3) is 0 Å². The molecule has 2 rings (SSSR count). The number of anilines is 2. The molecule has 0 aliphatic rings. The normalized spacial score (nSPS) is 10.4. The van der Waals surface area contributed by atoms with Crippen molar-refractivity contribution in [3.8, 4) is 0 Å². The molecule has 0 spiro atoms. The second-order valence-corrected chi connectivity index (χ2v) is 6.22. The summed E-state index contributed by atoms with van der Waals surface area (Å²) in [6.07, 6.45) is 3.16. The quantitative estimate of drug-likeness (QED) is 0.641. The first-order chi connectivity index (χ1) is 12.3. The van der Waals surface area contributed by atoms with Gasteiger partial charge in [0.15, 0.2) is 5.11 Å². The average Bonchev–Trinajstić information content (AvgIpc) is 2.61. The molecule has 5 nitrogen and oxygen atoms in total. The van der Waals surface area contributed by atoms with E-state index in [0.717, 1.165) is 22.5 Å². The Morgan fingerprint density at radius 1 is 1.04 bits per heavy atom. The van der Waals surface area contributed by atoms with E-state index in [1.807, 2.05) is 31.2 Å². The molecule has 0 bridgehead atoms. The highest BCUT2D eigenvalue weighted by Crippen LogP contribution is 2.16. The van der Waals surface area contributed by atoms with E-state index in [0.29, 0.717) is 0 Å². The first-order valence-electron chi connectivity index (χ1n) is 8.06. The van der Waals surface area contributed by atoms with Crippen LogP contribution in [0, 0.1) is 6.92 Å². The lowest BCUT2D eigenvalue weighted by molar-refractivity contribution is -0.116. The molecule has 0 aromatic heterocycles. The summed E-state index contributed by atoms with van der Waals surface area (Å²) in [6, 6.07) is 15.0. The third-order valence-corrected chi connectivity index (χ3v) is 3.93. The van der Waals surface area contributed by atoms with Crippen LogP contribution in [0.5, 0.6) is 0 Å². The number of aryl methyl sites for hydroxylation is 1. The number of carbonyl (C=O) groups excluding carboxylic acids is 2. The van der Waals surface area contributed by atoms with Gasteiger partial charge in [-0.1, -0.05) is 29.8 Å². The zero-order valence-corrected chi connectivity index (χ0v) is 15.8. The van der Waals surface area contributed by atoms with Gasteiger partial charge in [0.05, 0.1) is 0 Å². The van der Waals surface area contributed by atoms with E-state index in [1.54, 1.807) is 42.3 Å². The minimum atomic E-state index is -0.309. The Kier molecular flexibility index (Phi) is 6.63. The number of hydrogen-bond acceptors (Lipinski definition) is 3. The summed E-state index contributed by atoms with van der Waals surface area (Å²) in [5.74, 6) is -0.357. The van der Waals surface area contributed by atoms with Crippen molar-refractivity contribution in [1.29, 1.82) is 0 Å². The lowest BCUT2D eigenvalue weighted by Crippen LogP contribution is -2.32. The van der Waals surface area contributed by atoms with Crippen molar-refractivity contribution in [3.05, 3.63) is 65.7 Å². The lowest BCUT2D eigenvalue weighted by atomic mass is 10.1. The van der Waals surface area contributed by atoms with Gasteiger partial charge in [-0.2, -0.15) is 0 Å². The summed E-state index contributed by atoms with van der Waals surface area (Å²) in [5.41, 5.74) is 3.60. The zero-order valence-electron chi connectivity index (χ0n) is 14.9. The van der Waals surface area contributed by atoms with Crippen LogP contribution in [0.2, 0.25) is 0 Å². The van der Waals surface area contributed by atoms with Gasteiger partial charge in [0.1, 0.15) is 0 Å². The molecule has 0 radical (unpaired) electrons. The summed E-state index contributed by atoms with van der Waals surface area (Å²) >= 11 is 5.14. The molecule has 0 saturated heterocycles. The number of nitrogens with zero attached hydrogens (tertiary/aromatic N) is 1. The summed E-state index contributed by atoms with van der Waals surface area (Å²) in [7, 11) is 1.70. The Bertz CT molecular complexity index is 827. The molecule has 2 aromatic rings. The summed E-state index contributed by atoms with van der Waals surface area (Å²) in [5, 5.41) is 5.74. The molecule has 134 valence electrons. The Hall–Kier alpha value is -2.99. The molecule has 0 fully saturated rings. The molecular weight excluding hydrogens is 346 g/mol. The lowest BCUT2D eigenvalue weighted by Gasteiger charge is -2.15. The number of thiocarbonyl (C=S) groups is 1. The minimum absolute atomic E-state index is 0.0474. The predicted molar refractivity (Wildman–Crippen MR) is 110 cm³/mol. The largest absolute Gasteiger partial charge is 0.332 e. The van der Waals surface area contributed by atoms with Gasteiger partial charge in [-0.25, -0.2) is 0 Å². The minimum Gasteiger partial charge on any atom is -0.332 e. The third kappa shape index (κ3) is 5.82. The topological polar surface area (TPSA) is 61.4 Å². The van der Waals surface area contributed by atoms with Crippen LogP contribution in [-0.2, 0) is 9.59 Å². The van der Waals surface area contributed by atoms with Crippen LogP contribution in [0.15, 0.2) is 54.6 Å².